The number of esters is 1. The zero-order valence-corrected chi connectivity index (χ0v) is 21.9. The van der Waals surface area contributed by atoms with Crippen molar-refractivity contribution in [2.45, 2.75) is 52.6 Å². The number of ether oxygens (including phenoxy) is 1. The largest absolute Gasteiger partial charge is 0.469 e. The Labute approximate surface area is 213 Å². The monoisotopic (exact) mass is 491 g/mol. The summed E-state index contributed by atoms with van der Waals surface area (Å²) in [6.07, 6.45) is 3.10. The number of nitrogens with zero attached hydrogens (tertiary/aromatic N) is 2. The Morgan fingerprint density at radius 2 is 1.67 bits per heavy atom. The smallest absolute Gasteiger partial charge is 0.328 e. The van der Waals surface area contributed by atoms with Crippen LogP contribution in [0.15, 0.2) is 60.8 Å². The first-order valence-corrected chi connectivity index (χ1v) is 12.4. The molecule has 1 aromatic heterocycles. The second kappa shape index (κ2) is 12.4. The van der Waals surface area contributed by atoms with E-state index in [0.717, 1.165) is 22.0 Å². The number of nitrogens with one attached hydrogen (secondary N) is 1. The first kappa shape index (κ1) is 27.0. The molecule has 1 heterocycles. The van der Waals surface area contributed by atoms with Crippen LogP contribution < -0.4 is 5.32 Å². The average molecular weight is 492 g/mol. The van der Waals surface area contributed by atoms with Gasteiger partial charge in [0.05, 0.1) is 19.0 Å². The molecule has 0 aliphatic carbocycles. The Morgan fingerprint density at radius 3 is 2.33 bits per heavy atom. The quantitative estimate of drug-likeness (QED) is 0.404. The van der Waals surface area contributed by atoms with E-state index >= 15 is 0 Å². The Morgan fingerprint density at radius 1 is 1.00 bits per heavy atom. The molecule has 3 rings (SSSR count). The summed E-state index contributed by atoms with van der Waals surface area (Å²) in [4.78, 5) is 39.8. The van der Waals surface area contributed by atoms with Crippen molar-refractivity contribution in [2.24, 2.45) is 11.8 Å². The first-order valence-electron chi connectivity index (χ1n) is 12.4. The number of methoxy groups -OCH3 is 1. The molecular weight excluding hydrogens is 454 g/mol. The number of fused-ring (bicyclic) bond motifs is 1. The molecule has 192 valence electrons. The van der Waals surface area contributed by atoms with Gasteiger partial charge in [0.25, 0.3) is 0 Å². The van der Waals surface area contributed by atoms with Gasteiger partial charge in [0.15, 0.2) is 0 Å². The lowest BCUT2D eigenvalue weighted by Crippen LogP contribution is -2.39. The zero-order chi connectivity index (χ0) is 26.2. The van der Waals surface area contributed by atoms with Crippen LogP contribution in [0.4, 0.5) is 4.79 Å². The van der Waals surface area contributed by atoms with E-state index in [2.05, 4.69) is 5.32 Å². The molecule has 36 heavy (non-hydrogen) atoms. The number of aromatic nitrogens is 1. The molecule has 7 heteroatoms. The standard InChI is InChI=1S/C29H37N3O4/c1-20(2)15-23(17-27(33)36-5)28(34)30-21(3)16-24-19-32(26-14-10-9-13-25(24)26)29(35)31(4)18-22-11-7-6-8-12-22/h6-14,19-21,23H,15-18H2,1-5H3,(H,30,34)/t21-,23+/m1/s1. The van der Waals surface area contributed by atoms with Crippen LogP contribution in [0, 0.1) is 11.8 Å². The van der Waals surface area contributed by atoms with Crippen molar-refractivity contribution in [1.29, 1.82) is 0 Å². The van der Waals surface area contributed by atoms with Crippen molar-refractivity contribution in [3.63, 3.8) is 0 Å². The summed E-state index contributed by atoms with van der Waals surface area (Å²) in [5.41, 5.74) is 2.87. The number of rotatable bonds is 10. The first-order chi connectivity index (χ1) is 17.2. The molecule has 0 saturated carbocycles. The summed E-state index contributed by atoms with van der Waals surface area (Å²) >= 11 is 0. The molecule has 0 saturated heterocycles. The van der Waals surface area contributed by atoms with Crippen molar-refractivity contribution in [1.82, 2.24) is 14.8 Å². The molecular formula is C29H37N3O4. The van der Waals surface area contributed by atoms with Gasteiger partial charge in [0, 0.05) is 37.1 Å². The summed E-state index contributed by atoms with van der Waals surface area (Å²) in [6, 6.07) is 17.4. The third-order valence-corrected chi connectivity index (χ3v) is 6.27. The number of hydrogen-bond donors (Lipinski definition) is 1. The third-order valence-electron chi connectivity index (χ3n) is 6.27. The molecule has 2 amide bonds. The second-order valence-electron chi connectivity index (χ2n) is 9.89. The van der Waals surface area contributed by atoms with E-state index in [1.54, 1.807) is 16.5 Å². The van der Waals surface area contributed by atoms with Crippen LogP contribution in [-0.4, -0.2) is 47.6 Å². The minimum absolute atomic E-state index is 0.0643. The fourth-order valence-electron chi connectivity index (χ4n) is 4.56. The molecule has 3 aromatic rings. The van der Waals surface area contributed by atoms with Crippen LogP contribution >= 0.6 is 0 Å². The molecule has 0 bridgehead atoms. The summed E-state index contributed by atoms with van der Waals surface area (Å²) < 4.78 is 6.47. The Bertz CT molecular complexity index is 1190. The van der Waals surface area contributed by atoms with Crippen molar-refractivity contribution in [3.8, 4) is 0 Å². The third kappa shape index (κ3) is 6.97. The van der Waals surface area contributed by atoms with Gasteiger partial charge in [-0.1, -0.05) is 62.4 Å². The van der Waals surface area contributed by atoms with E-state index in [9.17, 15) is 14.4 Å². The Kier molecular flexibility index (Phi) is 9.28. The molecule has 2 atom stereocenters. The van der Waals surface area contributed by atoms with E-state index in [4.69, 9.17) is 4.74 Å². The van der Waals surface area contributed by atoms with Gasteiger partial charge in [-0.2, -0.15) is 0 Å². The zero-order valence-electron chi connectivity index (χ0n) is 21.9. The highest BCUT2D eigenvalue weighted by Gasteiger charge is 2.25. The molecule has 1 N–H and O–H groups in total. The Balaban J connectivity index is 1.76. The van der Waals surface area contributed by atoms with E-state index < -0.39 is 5.92 Å². The van der Waals surface area contributed by atoms with Gasteiger partial charge in [0.2, 0.25) is 5.91 Å². The maximum absolute atomic E-state index is 13.3. The molecule has 2 aromatic carbocycles. The van der Waals surface area contributed by atoms with Crippen LogP contribution in [0.5, 0.6) is 0 Å². The molecule has 0 aliphatic rings. The van der Waals surface area contributed by atoms with Crippen LogP contribution in [-0.2, 0) is 27.3 Å². The molecule has 0 radical (unpaired) electrons. The van der Waals surface area contributed by atoms with Gasteiger partial charge in [-0.05, 0) is 42.9 Å². The van der Waals surface area contributed by atoms with Gasteiger partial charge in [-0.15, -0.1) is 0 Å². The molecule has 0 aliphatic heterocycles. The predicted molar refractivity (Wildman–Crippen MR) is 142 cm³/mol. The minimum atomic E-state index is -0.436. The SMILES string of the molecule is COC(=O)C[C@H](CC(C)C)C(=O)N[C@H](C)Cc1cn(C(=O)N(C)Cc2ccccc2)c2ccccc12. The van der Waals surface area contributed by atoms with Gasteiger partial charge in [-0.25, -0.2) is 4.79 Å². The number of hydrogen-bond acceptors (Lipinski definition) is 4. The van der Waals surface area contributed by atoms with E-state index in [1.165, 1.54) is 7.11 Å². The van der Waals surface area contributed by atoms with Gasteiger partial charge < -0.3 is 15.0 Å². The van der Waals surface area contributed by atoms with E-state index in [1.807, 2.05) is 81.6 Å². The number of amides is 2. The summed E-state index contributed by atoms with van der Waals surface area (Å²) in [6.45, 7) is 6.51. The summed E-state index contributed by atoms with van der Waals surface area (Å²) in [5.74, 6) is -0.694. The van der Waals surface area contributed by atoms with Crippen LogP contribution in [0.2, 0.25) is 0 Å². The normalized spacial score (nSPS) is 12.8. The van der Waals surface area contributed by atoms with Crippen LogP contribution in [0.25, 0.3) is 10.9 Å². The number of para-hydroxylation sites is 1. The molecule has 0 fully saturated rings. The number of benzene rings is 2. The maximum Gasteiger partial charge on any atom is 0.328 e. The number of carbonyl (C=O) groups is 3. The summed E-state index contributed by atoms with van der Waals surface area (Å²) in [5, 5.41) is 4.05. The van der Waals surface area contributed by atoms with Gasteiger partial charge in [0.1, 0.15) is 0 Å². The maximum atomic E-state index is 13.3. The fourth-order valence-corrected chi connectivity index (χ4v) is 4.56. The van der Waals surface area contributed by atoms with Gasteiger partial charge in [-0.3, -0.25) is 14.2 Å². The highest BCUT2D eigenvalue weighted by molar-refractivity contribution is 5.93. The molecule has 0 spiro atoms. The van der Waals surface area contributed by atoms with Crippen LogP contribution in [0.3, 0.4) is 0 Å². The number of carbonyl (C=O) groups excluding carboxylic acids is 3. The average Bonchev–Trinajstić information content (AvgIpc) is 3.21. The molecule has 0 unspecified atom stereocenters. The van der Waals surface area contributed by atoms with Crippen molar-refractivity contribution >= 4 is 28.8 Å². The van der Waals surface area contributed by atoms with Crippen molar-refractivity contribution in [3.05, 3.63) is 71.9 Å². The van der Waals surface area contributed by atoms with E-state index in [-0.39, 0.29) is 36.3 Å². The van der Waals surface area contributed by atoms with Gasteiger partial charge >= 0.3 is 12.0 Å². The predicted octanol–water partition coefficient (Wildman–Crippen LogP) is 5.01. The van der Waals surface area contributed by atoms with Crippen LogP contribution in [0.1, 0.15) is 44.7 Å². The second-order valence-corrected chi connectivity index (χ2v) is 9.89. The molecule has 7 nitrogen and oxygen atoms in total. The minimum Gasteiger partial charge on any atom is -0.469 e. The van der Waals surface area contributed by atoms with Crippen molar-refractivity contribution < 1.29 is 19.1 Å². The fraction of sp³-hybridized carbons (Fsp3) is 0.414. The lowest BCUT2D eigenvalue weighted by Gasteiger charge is -2.21. The topological polar surface area (TPSA) is 80.6 Å². The highest BCUT2D eigenvalue weighted by atomic mass is 16.5. The Hall–Kier alpha value is -3.61. The summed E-state index contributed by atoms with van der Waals surface area (Å²) in [7, 11) is 3.13. The van der Waals surface area contributed by atoms with E-state index in [0.29, 0.717) is 19.4 Å². The van der Waals surface area contributed by atoms with Crippen molar-refractivity contribution in [2.75, 3.05) is 14.2 Å². The lowest BCUT2D eigenvalue weighted by molar-refractivity contribution is -0.144. The lowest BCUT2D eigenvalue weighted by atomic mass is 9.93. The highest BCUT2D eigenvalue weighted by Crippen LogP contribution is 2.24.